The standard InChI is InChI=1S/C17H20N6O3S/c1-10-16(12(3)22(21-10)13-5-7-27(25,26)9-13)20-17(24)14-8-18-15-4-6-19-23(15)11(14)2/h4,6,8,13H,5,7,9H2,1-3H3,(H,20,24). The summed E-state index contributed by atoms with van der Waals surface area (Å²) in [7, 11) is -3.02. The number of sulfone groups is 1. The van der Waals surface area contributed by atoms with Gasteiger partial charge in [-0.15, -0.1) is 0 Å². The van der Waals surface area contributed by atoms with Gasteiger partial charge in [0.05, 0.1) is 52.1 Å². The molecule has 10 heteroatoms. The lowest BCUT2D eigenvalue weighted by atomic mass is 10.2. The molecule has 4 heterocycles. The van der Waals surface area contributed by atoms with Crippen molar-refractivity contribution in [2.75, 3.05) is 16.8 Å². The molecule has 1 aliphatic heterocycles. The lowest BCUT2D eigenvalue weighted by molar-refractivity contribution is 0.102. The smallest absolute Gasteiger partial charge is 0.259 e. The summed E-state index contributed by atoms with van der Waals surface area (Å²) in [5.41, 5.74) is 3.77. The number of carbonyl (C=O) groups excluding carboxylic acids is 1. The zero-order chi connectivity index (χ0) is 19.3. The molecule has 1 N–H and O–H groups in total. The van der Waals surface area contributed by atoms with E-state index in [2.05, 4.69) is 20.5 Å². The van der Waals surface area contributed by atoms with Gasteiger partial charge in [0.2, 0.25) is 0 Å². The largest absolute Gasteiger partial charge is 0.319 e. The van der Waals surface area contributed by atoms with Crippen molar-refractivity contribution in [1.82, 2.24) is 24.4 Å². The number of anilines is 1. The van der Waals surface area contributed by atoms with Crippen molar-refractivity contribution >= 4 is 27.1 Å². The van der Waals surface area contributed by atoms with Gasteiger partial charge < -0.3 is 5.32 Å². The number of hydrogen-bond acceptors (Lipinski definition) is 6. The molecule has 4 rings (SSSR count). The predicted octanol–water partition coefficient (Wildman–Crippen LogP) is 1.46. The number of nitrogens with one attached hydrogen (secondary N) is 1. The number of rotatable bonds is 3. The zero-order valence-corrected chi connectivity index (χ0v) is 16.1. The summed E-state index contributed by atoms with van der Waals surface area (Å²) < 4.78 is 26.9. The van der Waals surface area contributed by atoms with E-state index in [1.165, 1.54) is 6.20 Å². The molecule has 0 spiro atoms. The maximum absolute atomic E-state index is 12.8. The Morgan fingerprint density at radius 1 is 1.26 bits per heavy atom. The Labute approximate surface area is 156 Å². The van der Waals surface area contributed by atoms with E-state index in [0.29, 0.717) is 34.7 Å². The molecular weight excluding hydrogens is 368 g/mol. The first-order valence-corrected chi connectivity index (χ1v) is 10.5. The number of amides is 1. The highest BCUT2D eigenvalue weighted by Gasteiger charge is 2.31. The van der Waals surface area contributed by atoms with Crippen molar-refractivity contribution in [3.8, 4) is 0 Å². The third-order valence-electron chi connectivity index (χ3n) is 5.02. The predicted molar refractivity (Wildman–Crippen MR) is 99.7 cm³/mol. The monoisotopic (exact) mass is 388 g/mol. The average molecular weight is 388 g/mol. The normalized spacial score (nSPS) is 18.9. The molecule has 1 unspecified atom stereocenters. The van der Waals surface area contributed by atoms with Gasteiger partial charge in [0.25, 0.3) is 5.91 Å². The molecular formula is C17H20N6O3S. The van der Waals surface area contributed by atoms with Crippen LogP contribution in [0.25, 0.3) is 5.65 Å². The van der Waals surface area contributed by atoms with E-state index < -0.39 is 9.84 Å². The quantitative estimate of drug-likeness (QED) is 0.727. The van der Waals surface area contributed by atoms with Gasteiger partial charge in [-0.1, -0.05) is 0 Å². The molecule has 1 amide bonds. The van der Waals surface area contributed by atoms with Crippen LogP contribution in [-0.2, 0) is 9.84 Å². The Morgan fingerprint density at radius 3 is 2.74 bits per heavy atom. The topological polar surface area (TPSA) is 111 Å². The lowest BCUT2D eigenvalue weighted by Gasteiger charge is -2.12. The minimum Gasteiger partial charge on any atom is -0.319 e. The van der Waals surface area contributed by atoms with E-state index in [0.717, 1.165) is 5.69 Å². The van der Waals surface area contributed by atoms with Crippen LogP contribution < -0.4 is 5.32 Å². The number of hydrogen-bond donors (Lipinski definition) is 1. The second kappa shape index (κ2) is 6.15. The molecule has 3 aromatic rings. The summed E-state index contributed by atoms with van der Waals surface area (Å²) in [5, 5.41) is 11.6. The van der Waals surface area contributed by atoms with Crippen LogP contribution in [0.15, 0.2) is 18.5 Å². The fraction of sp³-hybridized carbons (Fsp3) is 0.412. The van der Waals surface area contributed by atoms with E-state index in [4.69, 9.17) is 0 Å². The minimum atomic E-state index is -3.02. The summed E-state index contributed by atoms with van der Waals surface area (Å²) in [4.78, 5) is 17.1. The molecule has 0 bridgehead atoms. The summed E-state index contributed by atoms with van der Waals surface area (Å²) >= 11 is 0. The van der Waals surface area contributed by atoms with E-state index in [-0.39, 0.29) is 23.5 Å². The van der Waals surface area contributed by atoms with Crippen molar-refractivity contribution in [3.63, 3.8) is 0 Å². The van der Waals surface area contributed by atoms with Crippen LogP contribution in [-0.4, -0.2) is 50.2 Å². The van der Waals surface area contributed by atoms with Gasteiger partial charge in [0.1, 0.15) is 0 Å². The Hall–Kier alpha value is -2.75. The van der Waals surface area contributed by atoms with Gasteiger partial charge in [0.15, 0.2) is 15.5 Å². The highest BCUT2D eigenvalue weighted by molar-refractivity contribution is 7.91. The number of aromatic nitrogens is 5. The Morgan fingerprint density at radius 2 is 2.04 bits per heavy atom. The van der Waals surface area contributed by atoms with Crippen LogP contribution in [0.5, 0.6) is 0 Å². The van der Waals surface area contributed by atoms with Gasteiger partial charge in [0, 0.05) is 12.3 Å². The van der Waals surface area contributed by atoms with Gasteiger partial charge in [-0.25, -0.2) is 17.9 Å². The van der Waals surface area contributed by atoms with Crippen molar-refractivity contribution in [2.45, 2.75) is 33.2 Å². The highest BCUT2D eigenvalue weighted by Crippen LogP contribution is 2.29. The Balaban J connectivity index is 1.64. The Kier molecular flexibility index (Phi) is 4.02. The van der Waals surface area contributed by atoms with E-state index >= 15 is 0 Å². The zero-order valence-electron chi connectivity index (χ0n) is 15.3. The van der Waals surface area contributed by atoms with Crippen LogP contribution in [0.3, 0.4) is 0 Å². The van der Waals surface area contributed by atoms with Crippen LogP contribution in [0, 0.1) is 20.8 Å². The van der Waals surface area contributed by atoms with Crippen LogP contribution in [0.2, 0.25) is 0 Å². The summed E-state index contributed by atoms with van der Waals surface area (Å²) in [6, 6.07) is 1.58. The third-order valence-corrected chi connectivity index (χ3v) is 6.77. The van der Waals surface area contributed by atoms with Gasteiger partial charge >= 0.3 is 0 Å². The minimum absolute atomic E-state index is 0.0847. The molecule has 3 aromatic heterocycles. The van der Waals surface area contributed by atoms with Gasteiger partial charge in [-0.05, 0) is 27.2 Å². The molecule has 142 valence electrons. The second-order valence-electron chi connectivity index (χ2n) is 6.86. The first kappa shape index (κ1) is 17.7. The second-order valence-corrected chi connectivity index (χ2v) is 9.09. The van der Waals surface area contributed by atoms with Crippen molar-refractivity contribution in [3.05, 3.63) is 41.1 Å². The van der Waals surface area contributed by atoms with Crippen molar-refractivity contribution < 1.29 is 13.2 Å². The molecule has 0 saturated carbocycles. The molecule has 1 aliphatic rings. The van der Waals surface area contributed by atoms with Gasteiger partial charge in [-0.3, -0.25) is 9.48 Å². The lowest BCUT2D eigenvalue weighted by Crippen LogP contribution is -2.17. The summed E-state index contributed by atoms with van der Waals surface area (Å²) in [6.45, 7) is 5.44. The fourth-order valence-electron chi connectivity index (χ4n) is 3.56. The fourth-order valence-corrected chi connectivity index (χ4v) is 5.25. The molecule has 0 aliphatic carbocycles. The van der Waals surface area contributed by atoms with Crippen LogP contribution in [0.1, 0.15) is 39.9 Å². The molecule has 1 atom stereocenters. The van der Waals surface area contributed by atoms with E-state index in [9.17, 15) is 13.2 Å². The maximum atomic E-state index is 12.8. The summed E-state index contributed by atoms with van der Waals surface area (Å²) in [6.07, 6.45) is 3.70. The summed E-state index contributed by atoms with van der Waals surface area (Å²) in [5.74, 6) is -0.0458. The van der Waals surface area contributed by atoms with Crippen LogP contribution in [0.4, 0.5) is 5.69 Å². The SMILES string of the molecule is Cc1nn(C2CCS(=O)(=O)C2)c(C)c1NC(=O)c1cnc2ccnn2c1C. The molecule has 0 aromatic carbocycles. The molecule has 27 heavy (non-hydrogen) atoms. The van der Waals surface area contributed by atoms with Crippen LogP contribution >= 0.6 is 0 Å². The third kappa shape index (κ3) is 2.99. The van der Waals surface area contributed by atoms with Crippen molar-refractivity contribution in [2.24, 2.45) is 0 Å². The number of nitrogens with zero attached hydrogens (tertiary/aromatic N) is 5. The van der Waals surface area contributed by atoms with Crippen molar-refractivity contribution in [1.29, 1.82) is 0 Å². The Bertz CT molecular complexity index is 1160. The average Bonchev–Trinajstić information content (AvgIpc) is 3.29. The molecule has 1 fully saturated rings. The van der Waals surface area contributed by atoms with E-state index in [1.54, 1.807) is 28.4 Å². The number of fused-ring (bicyclic) bond motifs is 1. The first-order chi connectivity index (χ1) is 12.8. The molecule has 0 radical (unpaired) electrons. The first-order valence-electron chi connectivity index (χ1n) is 8.63. The highest BCUT2D eigenvalue weighted by atomic mass is 32.2. The number of carbonyl (C=O) groups is 1. The number of aryl methyl sites for hydroxylation is 2. The maximum Gasteiger partial charge on any atom is 0.259 e. The molecule has 9 nitrogen and oxygen atoms in total. The molecule has 1 saturated heterocycles. The van der Waals surface area contributed by atoms with Gasteiger partial charge in [-0.2, -0.15) is 10.2 Å². The van der Waals surface area contributed by atoms with E-state index in [1.807, 2.05) is 13.8 Å².